The number of aryl methyl sites for hydroxylation is 1. The third-order valence-corrected chi connectivity index (χ3v) is 5.78. The molecule has 3 aromatic heterocycles. The van der Waals surface area contributed by atoms with Gasteiger partial charge in [-0.2, -0.15) is 16.8 Å². The number of amides is 1. The van der Waals surface area contributed by atoms with Crippen molar-refractivity contribution in [3.05, 3.63) is 60.4 Å². The molecule has 0 radical (unpaired) electrons. The monoisotopic (exact) mass is 710 g/mol. The zero-order valence-corrected chi connectivity index (χ0v) is 27.9. The molecular weight excluding hydrogens is 692 g/mol. The summed E-state index contributed by atoms with van der Waals surface area (Å²) in [5.74, 6) is 1.48. The number of halogens is 6. The number of thiophene rings is 2. The Kier molecular flexibility index (Phi) is 21.3. The molecule has 0 aliphatic carbocycles. The predicted octanol–water partition coefficient (Wildman–Crippen LogP) is 8.59. The van der Waals surface area contributed by atoms with Crippen molar-refractivity contribution in [1.82, 2.24) is 19.9 Å². The van der Waals surface area contributed by atoms with Crippen molar-refractivity contribution in [3.63, 3.8) is 0 Å². The summed E-state index contributed by atoms with van der Waals surface area (Å²) >= 11 is 33.7. The highest BCUT2D eigenvalue weighted by Gasteiger charge is 2.07. The molecular formula is C20H21Cl6N8O2PS2. The van der Waals surface area contributed by atoms with Gasteiger partial charge in [0, 0.05) is 27.9 Å². The lowest BCUT2D eigenvalue weighted by molar-refractivity contribution is -0.126. The highest BCUT2D eigenvalue weighted by Crippen LogP contribution is 2.61. The summed E-state index contributed by atoms with van der Waals surface area (Å²) in [7, 11) is 3.45. The van der Waals surface area contributed by atoms with Crippen LogP contribution in [-0.4, -0.2) is 45.7 Å². The quantitative estimate of drug-likeness (QED) is 0.0922. The molecule has 0 saturated heterocycles. The summed E-state index contributed by atoms with van der Waals surface area (Å²) in [6.07, 6.45) is 0. The van der Waals surface area contributed by atoms with Gasteiger partial charge in [0.1, 0.15) is 10.9 Å². The molecule has 0 aliphatic rings. The van der Waals surface area contributed by atoms with E-state index in [0.29, 0.717) is 20.3 Å². The minimum atomic E-state index is -3.22. The van der Waals surface area contributed by atoms with Crippen LogP contribution >= 0.6 is 96.4 Å². The van der Waals surface area contributed by atoms with E-state index < -0.39 is 5.20 Å². The molecule has 3 rings (SSSR count). The first-order valence-electron chi connectivity index (χ1n) is 9.72. The topological polar surface area (TPSA) is 143 Å². The van der Waals surface area contributed by atoms with Crippen molar-refractivity contribution >= 4 is 108 Å². The number of amidine groups is 1. The molecule has 0 aliphatic heterocycles. The molecule has 0 aromatic carbocycles. The number of nitrogens with two attached hydrogens (primary N) is 1. The first-order chi connectivity index (χ1) is 17.9. The first-order valence-corrected chi connectivity index (χ1v) is 16.9. The van der Waals surface area contributed by atoms with Crippen molar-refractivity contribution in [3.8, 4) is 16.8 Å². The highest BCUT2D eigenvalue weighted by molar-refractivity contribution is 8.24. The minimum Gasteiger partial charge on any atom is -0.377 e. The van der Waals surface area contributed by atoms with Gasteiger partial charge in [-0.3, -0.25) is 9.36 Å². The van der Waals surface area contributed by atoms with Crippen LogP contribution in [-0.2, 0) is 9.36 Å². The van der Waals surface area contributed by atoms with Crippen LogP contribution in [0.4, 0.5) is 0 Å². The molecule has 0 saturated carbocycles. The van der Waals surface area contributed by atoms with Crippen LogP contribution in [0.5, 0.6) is 0 Å². The van der Waals surface area contributed by atoms with Crippen LogP contribution in [0.1, 0.15) is 24.5 Å². The lowest BCUT2D eigenvalue weighted by atomic mass is 10.4. The van der Waals surface area contributed by atoms with E-state index in [1.54, 1.807) is 45.3 Å². The Morgan fingerprint density at radius 2 is 1.56 bits per heavy atom. The second kappa shape index (κ2) is 21.1. The third kappa shape index (κ3) is 22.8. The van der Waals surface area contributed by atoms with Crippen LogP contribution in [0.3, 0.4) is 0 Å². The Hall–Kier alpha value is -1.70. The summed E-state index contributed by atoms with van der Waals surface area (Å²) in [4.78, 5) is 28.1. The van der Waals surface area contributed by atoms with Crippen molar-refractivity contribution in [2.75, 3.05) is 14.1 Å². The minimum absolute atomic E-state index is 0.0926. The molecule has 2 N–H and O–H groups in total. The molecule has 212 valence electrons. The van der Waals surface area contributed by atoms with Gasteiger partial charge >= 0.3 is 5.20 Å². The maximum atomic E-state index is 10.1. The number of carbonyl (C=O) groups is 1. The van der Waals surface area contributed by atoms with Gasteiger partial charge < -0.3 is 10.6 Å². The predicted molar refractivity (Wildman–Crippen MR) is 165 cm³/mol. The maximum absolute atomic E-state index is 10.1. The smallest absolute Gasteiger partial charge is 0.339 e. The Bertz CT molecular complexity index is 1320. The maximum Gasteiger partial charge on any atom is 0.339 e. The van der Waals surface area contributed by atoms with Crippen LogP contribution in [0.15, 0.2) is 29.4 Å². The molecule has 0 fully saturated rings. The molecule has 0 atom stereocenters. The zero-order chi connectivity index (χ0) is 30.8. The number of hydrogen-bond donors (Lipinski definition) is 1. The molecule has 39 heavy (non-hydrogen) atoms. The summed E-state index contributed by atoms with van der Waals surface area (Å²) < 4.78 is 10.9. The molecule has 3 aromatic rings. The summed E-state index contributed by atoms with van der Waals surface area (Å²) in [6.45, 7) is 11.1. The average molecular weight is 713 g/mol. The fourth-order valence-corrected chi connectivity index (χ4v) is 3.67. The van der Waals surface area contributed by atoms with Gasteiger partial charge in [0.15, 0.2) is 5.82 Å². The van der Waals surface area contributed by atoms with E-state index in [2.05, 4.69) is 58.7 Å². The van der Waals surface area contributed by atoms with Crippen LogP contribution in [0, 0.1) is 24.8 Å². The van der Waals surface area contributed by atoms with Crippen molar-refractivity contribution in [1.29, 1.82) is 5.26 Å². The SMILES string of the molecule is CC#N.CC(=O)N(C)C.Cc1nc(Cl)nc(-c2ccc(Cl)s2)n1.O=P(Cl)(Cl)Cl.[C-]#[N+]N=C(N)c1ccc(Cl)s1. The summed E-state index contributed by atoms with van der Waals surface area (Å²) in [6, 6.07) is 8.86. The second-order valence-electron chi connectivity index (χ2n) is 6.30. The van der Waals surface area contributed by atoms with E-state index in [1.165, 1.54) is 41.4 Å². The number of nitrogens with zero attached hydrogens (tertiary/aromatic N) is 7. The van der Waals surface area contributed by atoms with E-state index in [4.69, 9.17) is 52.4 Å². The first kappa shape index (κ1) is 39.4. The van der Waals surface area contributed by atoms with Gasteiger partial charge in [0.05, 0.1) is 24.5 Å². The van der Waals surface area contributed by atoms with E-state index in [9.17, 15) is 9.36 Å². The van der Waals surface area contributed by atoms with Crippen LogP contribution < -0.4 is 5.73 Å². The lowest BCUT2D eigenvalue weighted by Gasteiger charge is -2.02. The van der Waals surface area contributed by atoms with Crippen molar-refractivity contribution < 1.29 is 9.36 Å². The molecule has 3 heterocycles. The molecule has 0 unspecified atom stereocenters. The van der Waals surface area contributed by atoms with Gasteiger partial charge in [-0.05, 0) is 76.5 Å². The molecule has 10 nitrogen and oxygen atoms in total. The largest absolute Gasteiger partial charge is 0.377 e. The molecule has 19 heteroatoms. The number of nitriles is 1. The van der Waals surface area contributed by atoms with Gasteiger partial charge in [0.2, 0.25) is 17.0 Å². The van der Waals surface area contributed by atoms with Crippen LogP contribution in [0.25, 0.3) is 15.7 Å². The number of rotatable bonds is 2. The fraction of sp³-hybridized carbons (Fsp3) is 0.250. The van der Waals surface area contributed by atoms with Crippen LogP contribution in [0.2, 0.25) is 14.0 Å². The number of aromatic nitrogens is 3. The van der Waals surface area contributed by atoms with Crippen molar-refractivity contribution in [2.45, 2.75) is 20.8 Å². The summed E-state index contributed by atoms with van der Waals surface area (Å²) in [5.41, 5.74) is 5.41. The number of carbonyl (C=O) groups excluding carboxylic acids is 1. The normalized spacial score (nSPS) is 9.82. The molecule has 0 bridgehead atoms. The Morgan fingerprint density at radius 3 is 1.90 bits per heavy atom. The van der Waals surface area contributed by atoms with E-state index in [-0.39, 0.29) is 17.0 Å². The van der Waals surface area contributed by atoms with E-state index in [0.717, 1.165) is 9.75 Å². The van der Waals surface area contributed by atoms with Gasteiger partial charge in [-0.1, -0.05) is 23.2 Å². The number of hydrogen-bond acceptors (Lipinski definition) is 9. The van der Waals surface area contributed by atoms with Gasteiger partial charge in [0.25, 0.3) is 0 Å². The van der Waals surface area contributed by atoms with Gasteiger partial charge in [-0.15, -0.1) is 27.6 Å². The summed E-state index contributed by atoms with van der Waals surface area (Å²) in [5, 5.41) is 7.65. The molecule has 1 amide bonds. The average Bonchev–Trinajstić information content (AvgIpc) is 3.42. The molecule has 0 spiro atoms. The van der Waals surface area contributed by atoms with Crippen molar-refractivity contribution in [2.24, 2.45) is 10.8 Å². The highest BCUT2D eigenvalue weighted by atomic mass is 36.0. The third-order valence-electron chi connectivity index (χ3n) is 3.13. The Labute approximate surface area is 263 Å². The zero-order valence-electron chi connectivity index (χ0n) is 20.9. The Balaban J connectivity index is 0. The fourth-order valence-electron chi connectivity index (χ4n) is 1.55. The lowest BCUT2D eigenvalue weighted by Crippen LogP contribution is -2.17. The van der Waals surface area contributed by atoms with Gasteiger partial charge in [-0.25, -0.2) is 9.97 Å². The Morgan fingerprint density at radius 1 is 1.10 bits per heavy atom. The van der Waals surface area contributed by atoms with E-state index >= 15 is 0 Å². The van der Waals surface area contributed by atoms with E-state index in [1.807, 2.05) is 6.07 Å². The second-order valence-corrected chi connectivity index (χ2v) is 16.7. The standard InChI is InChI=1S/C8H5Cl2N3S.C6H4ClN3S.C4H9NO.C2H3N.Cl3OP/c1-4-11-7(13-8(10)12-4)5-2-3-6(9)14-5;1-9-10-6(8)4-2-3-5(7)11-4;1-4(6)5(2)3;1-2-3;1-5(2,3)4/h2-3H,1H3;2-3H,(H2,8,10);1-3H3;1H3;.